The smallest absolute Gasteiger partial charge is 0.236 e. The standard InChI is InChI=1S/C19H16Cl2N6O/c20-15-7-3-8-16(18(15)21)27-19(22)24-25-26(27)12-13-5-1-2-9-17(13)28-14-6-4-10-23-11-14/h1-11,25H,12H2,(H2,22,24). The number of hydrogen-bond acceptors (Lipinski definition) is 7. The van der Waals surface area contributed by atoms with E-state index in [0.29, 0.717) is 33.8 Å². The van der Waals surface area contributed by atoms with Crippen molar-refractivity contribution in [1.29, 1.82) is 0 Å². The topological polar surface area (TPSA) is 79.0 Å². The Hall–Kier alpha value is -3.00. The first-order chi connectivity index (χ1) is 13.6. The average Bonchev–Trinajstić information content (AvgIpc) is 3.06. The maximum atomic E-state index is 6.38. The highest BCUT2D eigenvalue weighted by atomic mass is 35.5. The van der Waals surface area contributed by atoms with E-state index in [4.69, 9.17) is 33.7 Å². The summed E-state index contributed by atoms with van der Waals surface area (Å²) in [7, 11) is 0. The molecule has 0 radical (unpaired) electrons. The van der Waals surface area contributed by atoms with Gasteiger partial charge in [0.05, 0.1) is 28.5 Å². The number of halogens is 2. The number of nitrogens with one attached hydrogen (secondary N) is 1. The van der Waals surface area contributed by atoms with Crippen LogP contribution in [0, 0.1) is 0 Å². The van der Waals surface area contributed by atoms with Gasteiger partial charge in [0.1, 0.15) is 11.5 Å². The Morgan fingerprint density at radius 1 is 1.04 bits per heavy atom. The fraction of sp³-hybridized carbons (Fsp3) is 0.0526. The molecule has 0 unspecified atom stereocenters. The molecule has 2 aromatic carbocycles. The molecule has 0 bridgehead atoms. The maximum Gasteiger partial charge on any atom is 0.236 e. The minimum absolute atomic E-state index is 0.245. The van der Waals surface area contributed by atoms with Crippen molar-refractivity contribution in [3.8, 4) is 11.5 Å². The van der Waals surface area contributed by atoms with Gasteiger partial charge < -0.3 is 10.5 Å². The molecule has 0 aliphatic carbocycles. The third kappa shape index (κ3) is 3.68. The molecule has 9 heteroatoms. The largest absolute Gasteiger partial charge is 0.455 e. The van der Waals surface area contributed by atoms with Gasteiger partial charge in [-0.25, -0.2) is 10.5 Å². The highest BCUT2D eigenvalue weighted by Crippen LogP contribution is 2.34. The van der Waals surface area contributed by atoms with E-state index in [-0.39, 0.29) is 5.96 Å². The number of rotatable bonds is 5. The second-order valence-electron chi connectivity index (χ2n) is 5.91. The molecule has 142 valence electrons. The fourth-order valence-corrected chi connectivity index (χ4v) is 3.15. The molecular formula is C19H16Cl2N6O. The number of nitrogens with two attached hydrogens (primary N) is 1. The summed E-state index contributed by atoms with van der Waals surface area (Å²) < 4.78 is 5.98. The van der Waals surface area contributed by atoms with E-state index >= 15 is 0 Å². The summed E-state index contributed by atoms with van der Waals surface area (Å²) in [5.41, 5.74) is 10.5. The molecular weight excluding hydrogens is 399 g/mol. The first kappa shape index (κ1) is 18.4. The molecule has 1 aromatic heterocycles. The minimum atomic E-state index is 0.245. The van der Waals surface area contributed by atoms with Crippen LogP contribution in [-0.4, -0.2) is 16.1 Å². The van der Waals surface area contributed by atoms with Crippen molar-refractivity contribution in [3.63, 3.8) is 0 Å². The van der Waals surface area contributed by atoms with Crippen LogP contribution in [0.5, 0.6) is 11.5 Å². The first-order valence-corrected chi connectivity index (χ1v) is 9.15. The van der Waals surface area contributed by atoms with Crippen LogP contribution in [0.4, 0.5) is 5.69 Å². The molecule has 0 saturated heterocycles. The van der Waals surface area contributed by atoms with Crippen molar-refractivity contribution >= 4 is 34.8 Å². The summed E-state index contributed by atoms with van der Waals surface area (Å²) in [5.74, 6) is 1.59. The molecule has 0 saturated carbocycles. The summed E-state index contributed by atoms with van der Waals surface area (Å²) in [6.07, 6.45) is 3.35. The van der Waals surface area contributed by atoms with Gasteiger partial charge in [0.15, 0.2) is 0 Å². The van der Waals surface area contributed by atoms with Gasteiger partial charge in [-0.1, -0.05) is 47.5 Å². The molecule has 1 aliphatic heterocycles. The number of benzene rings is 2. The lowest BCUT2D eigenvalue weighted by atomic mass is 10.2. The summed E-state index contributed by atoms with van der Waals surface area (Å²) in [6.45, 7) is 0.406. The fourth-order valence-electron chi connectivity index (χ4n) is 2.77. The van der Waals surface area contributed by atoms with Crippen LogP contribution in [0.15, 0.2) is 72.1 Å². The second kappa shape index (κ2) is 7.93. The van der Waals surface area contributed by atoms with Crippen LogP contribution >= 0.6 is 23.2 Å². The lowest BCUT2D eigenvalue weighted by Crippen LogP contribution is -2.47. The summed E-state index contributed by atoms with van der Waals surface area (Å²) in [5, 5.41) is 8.30. The molecule has 1 aliphatic rings. The van der Waals surface area contributed by atoms with Crippen LogP contribution in [0.2, 0.25) is 10.0 Å². The first-order valence-electron chi connectivity index (χ1n) is 8.39. The number of guanidine groups is 1. The van der Waals surface area contributed by atoms with Crippen LogP contribution in [-0.2, 0) is 6.54 Å². The van der Waals surface area contributed by atoms with Crippen LogP contribution in [0.25, 0.3) is 0 Å². The van der Waals surface area contributed by atoms with E-state index in [1.54, 1.807) is 34.7 Å². The third-order valence-electron chi connectivity index (χ3n) is 4.05. The van der Waals surface area contributed by atoms with Crippen molar-refractivity contribution in [2.24, 2.45) is 10.8 Å². The zero-order valence-corrected chi connectivity index (χ0v) is 16.1. The van der Waals surface area contributed by atoms with E-state index < -0.39 is 0 Å². The van der Waals surface area contributed by atoms with Crippen molar-refractivity contribution in [2.45, 2.75) is 6.54 Å². The normalized spacial score (nSPS) is 13.9. The molecule has 7 nitrogen and oxygen atoms in total. The van der Waals surface area contributed by atoms with Crippen LogP contribution in [0.1, 0.15) is 5.56 Å². The molecule has 0 fully saturated rings. The Morgan fingerprint density at radius 2 is 1.89 bits per heavy atom. The maximum absolute atomic E-state index is 6.38. The van der Waals surface area contributed by atoms with Crippen LogP contribution in [0.3, 0.4) is 0 Å². The Bertz CT molecular complexity index is 1010. The van der Waals surface area contributed by atoms with Gasteiger partial charge in [-0.2, -0.15) is 0 Å². The predicted octanol–water partition coefficient (Wildman–Crippen LogP) is 4.15. The van der Waals surface area contributed by atoms with E-state index in [1.165, 1.54) is 0 Å². The molecule has 0 spiro atoms. The highest BCUT2D eigenvalue weighted by Gasteiger charge is 2.28. The summed E-state index contributed by atoms with van der Waals surface area (Å²) >= 11 is 12.5. The average molecular weight is 415 g/mol. The molecule has 0 amide bonds. The number of hydrogen-bond donors (Lipinski definition) is 2. The number of pyridine rings is 1. The summed E-state index contributed by atoms with van der Waals surface area (Å²) in [4.78, 5) is 4.08. The van der Waals surface area contributed by atoms with Gasteiger partial charge in [-0.05, 0) is 30.3 Å². The molecule has 3 N–H and O–H groups in total. The molecule has 0 atom stereocenters. The van der Waals surface area contributed by atoms with E-state index in [0.717, 1.165) is 5.56 Å². The van der Waals surface area contributed by atoms with E-state index in [2.05, 4.69) is 15.6 Å². The van der Waals surface area contributed by atoms with Gasteiger partial charge in [-0.15, -0.1) is 10.2 Å². The zero-order valence-electron chi connectivity index (χ0n) is 14.6. The molecule has 28 heavy (non-hydrogen) atoms. The SMILES string of the molecule is NC1=NNN(Cc2ccccc2Oc2cccnc2)N1c1cccc(Cl)c1Cl. The van der Waals surface area contributed by atoms with Gasteiger partial charge >= 0.3 is 0 Å². The molecule has 3 aromatic rings. The van der Waals surface area contributed by atoms with Crippen molar-refractivity contribution in [3.05, 3.63) is 82.6 Å². The minimum Gasteiger partial charge on any atom is -0.455 e. The molecule has 4 rings (SSSR count). The predicted molar refractivity (Wildman–Crippen MR) is 110 cm³/mol. The second-order valence-corrected chi connectivity index (χ2v) is 6.70. The monoisotopic (exact) mass is 414 g/mol. The number of hydrazine groups is 2. The van der Waals surface area contributed by atoms with Crippen molar-refractivity contribution in [2.75, 3.05) is 5.01 Å². The number of aromatic nitrogens is 1. The van der Waals surface area contributed by atoms with Gasteiger partial charge in [0, 0.05) is 11.8 Å². The van der Waals surface area contributed by atoms with Gasteiger partial charge in [0.2, 0.25) is 5.96 Å². The number of nitrogens with zero attached hydrogens (tertiary/aromatic N) is 4. The Morgan fingerprint density at radius 3 is 2.71 bits per heavy atom. The number of para-hydroxylation sites is 1. The van der Waals surface area contributed by atoms with Crippen molar-refractivity contribution in [1.82, 2.24) is 15.6 Å². The number of hydrazone groups is 1. The Kier molecular flexibility index (Phi) is 5.21. The lowest BCUT2D eigenvalue weighted by Gasteiger charge is -2.29. The van der Waals surface area contributed by atoms with Gasteiger partial charge in [0.25, 0.3) is 0 Å². The third-order valence-corrected chi connectivity index (χ3v) is 4.86. The summed E-state index contributed by atoms with van der Waals surface area (Å²) in [6, 6.07) is 16.7. The highest BCUT2D eigenvalue weighted by molar-refractivity contribution is 6.44. The van der Waals surface area contributed by atoms with Crippen LogP contribution < -0.4 is 21.0 Å². The van der Waals surface area contributed by atoms with Crippen molar-refractivity contribution < 1.29 is 4.74 Å². The quantitative estimate of drug-likeness (QED) is 0.652. The lowest BCUT2D eigenvalue weighted by molar-refractivity contribution is 0.210. The van der Waals surface area contributed by atoms with E-state index in [1.807, 2.05) is 42.5 Å². The Balaban J connectivity index is 1.61. The zero-order chi connectivity index (χ0) is 19.5. The Labute approximate surface area is 171 Å². The number of anilines is 1. The van der Waals surface area contributed by atoms with Gasteiger partial charge in [-0.3, -0.25) is 4.98 Å². The van der Waals surface area contributed by atoms with E-state index in [9.17, 15) is 0 Å². The number of ether oxygens (including phenoxy) is 1. The molecule has 2 heterocycles.